The van der Waals surface area contributed by atoms with E-state index in [4.69, 9.17) is 0 Å². The summed E-state index contributed by atoms with van der Waals surface area (Å²) >= 11 is 0. The molecule has 0 spiro atoms. The first-order valence-corrected chi connectivity index (χ1v) is 6.33. The van der Waals surface area contributed by atoms with Crippen molar-refractivity contribution in [3.63, 3.8) is 0 Å². The van der Waals surface area contributed by atoms with Crippen LogP contribution in [-0.2, 0) is 10.2 Å². The molecule has 0 aromatic carbocycles. The van der Waals surface area contributed by atoms with E-state index in [9.17, 15) is 8.42 Å². The van der Waals surface area contributed by atoms with Crippen LogP contribution in [0.5, 0.6) is 0 Å². The van der Waals surface area contributed by atoms with E-state index in [1.807, 2.05) is 0 Å². The van der Waals surface area contributed by atoms with E-state index >= 15 is 0 Å². The van der Waals surface area contributed by atoms with Crippen LogP contribution in [0.4, 0.5) is 0 Å². The number of nitrogens with one attached hydrogen (secondary N) is 1. The SMILES string of the molecule is CN(C)S(=O)(=O)N1CC[C@H]2CNC[C@H]21. The summed E-state index contributed by atoms with van der Waals surface area (Å²) in [5, 5.41) is 3.24. The molecule has 0 amide bonds. The van der Waals surface area contributed by atoms with Gasteiger partial charge in [-0.15, -0.1) is 0 Å². The van der Waals surface area contributed by atoms with Crippen molar-refractivity contribution in [1.82, 2.24) is 13.9 Å². The van der Waals surface area contributed by atoms with Gasteiger partial charge in [0.05, 0.1) is 0 Å². The van der Waals surface area contributed by atoms with Crippen molar-refractivity contribution in [2.75, 3.05) is 33.7 Å². The van der Waals surface area contributed by atoms with Crippen molar-refractivity contribution in [3.05, 3.63) is 0 Å². The van der Waals surface area contributed by atoms with E-state index in [0.717, 1.165) is 19.5 Å². The fourth-order valence-electron chi connectivity index (χ4n) is 2.31. The highest BCUT2D eigenvalue weighted by molar-refractivity contribution is 7.86. The van der Waals surface area contributed by atoms with Crippen LogP contribution in [0.3, 0.4) is 0 Å². The molecule has 2 rings (SSSR count). The molecule has 14 heavy (non-hydrogen) atoms. The molecule has 2 atom stereocenters. The fraction of sp³-hybridized carbons (Fsp3) is 1.00. The van der Waals surface area contributed by atoms with E-state index < -0.39 is 10.2 Å². The van der Waals surface area contributed by atoms with Gasteiger partial charge in [0.15, 0.2) is 0 Å². The van der Waals surface area contributed by atoms with Gasteiger partial charge in [-0.3, -0.25) is 0 Å². The third-order valence-electron chi connectivity index (χ3n) is 3.15. The first kappa shape index (κ1) is 10.4. The summed E-state index contributed by atoms with van der Waals surface area (Å²) in [5.74, 6) is 0.518. The molecule has 0 aromatic rings. The second-order valence-electron chi connectivity index (χ2n) is 4.18. The normalized spacial score (nSPS) is 33.9. The smallest absolute Gasteiger partial charge is 0.281 e. The minimum Gasteiger partial charge on any atom is -0.315 e. The molecule has 2 heterocycles. The lowest BCUT2D eigenvalue weighted by Crippen LogP contribution is -2.44. The predicted octanol–water partition coefficient (Wildman–Crippen LogP) is -0.913. The van der Waals surface area contributed by atoms with Crippen LogP contribution < -0.4 is 5.32 Å². The van der Waals surface area contributed by atoms with Gasteiger partial charge >= 0.3 is 0 Å². The van der Waals surface area contributed by atoms with Gasteiger partial charge in [0.2, 0.25) is 0 Å². The maximum Gasteiger partial charge on any atom is 0.281 e. The van der Waals surface area contributed by atoms with Gasteiger partial charge in [-0.1, -0.05) is 0 Å². The maximum absolute atomic E-state index is 11.9. The quantitative estimate of drug-likeness (QED) is 0.654. The summed E-state index contributed by atoms with van der Waals surface area (Å²) in [7, 11) is -0.0275. The van der Waals surface area contributed by atoms with Gasteiger partial charge < -0.3 is 5.32 Å². The lowest BCUT2D eigenvalue weighted by molar-refractivity contribution is 0.353. The largest absolute Gasteiger partial charge is 0.315 e. The van der Waals surface area contributed by atoms with Gasteiger partial charge in [0.25, 0.3) is 10.2 Å². The minimum absolute atomic E-state index is 0.183. The number of hydrogen-bond donors (Lipinski definition) is 1. The number of hydrogen-bond acceptors (Lipinski definition) is 3. The van der Waals surface area contributed by atoms with Crippen molar-refractivity contribution in [2.45, 2.75) is 12.5 Å². The summed E-state index contributed by atoms with van der Waals surface area (Å²) in [4.78, 5) is 0. The monoisotopic (exact) mass is 219 g/mol. The van der Waals surface area contributed by atoms with Crippen LogP contribution in [0.25, 0.3) is 0 Å². The number of rotatable bonds is 2. The molecule has 2 aliphatic rings. The Morgan fingerprint density at radius 2 is 2.07 bits per heavy atom. The van der Waals surface area contributed by atoms with Crippen molar-refractivity contribution < 1.29 is 8.42 Å². The Hall–Kier alpha value is -0.170. The molecule has 5 nitrogen and oxygen atoms in total. The average molecular weight is 219 g/mol. The molecule has 0 unspecified atom stereocenters. The Bertz CT molecular complexity index is 315. The Balaban J connectivity index is 2.20. The van der Waals surface area contributed by atoms with Gasteiger partial charge in [0, 0.05) is 33.2 Å². The molecule has 0 aromatic heterocycles. The summed E-state index contributed by atoms with van der Waals surface area (Å²) in [5.41, 5.74) is 0. The van der Waals surface area contributed by atoms with E-state index in [1.165, 1.54) is 4.31 Å². The van der Waals surface area contributed by atoms with Crippen molar-refractivity contribution >= 4 is 10.2 Å². The molecule has 0 saturated carbocycles. The molecule has 0 radical (unpaired) electrons. The van der Waals surface area contributed by atoms with Crippen LogP contribution in [0.1, 0.15) is 6.42 Å². The van der Waals surface area contributed by atoms with Crippen molar-refractivity contribution in [2.24, 2.45) is 5.92 Å². The number of fused-ring (bicyclic) bond motifs is 1. The Kier molecular flexibility index (Phi) is 2.55. The zero-order valence-corrected chi connectivity index (χ0v) is 9.42. The molecule has 6 heteroatoms. The highest BCUT2D eigenvalue weighted by Crippen LogP contribution is 2.29. The highest BCUT2D eigenvalue weighted by Gasteiger charge is 2.43. The van der Waals surface area contributed by atoms with Crippen LogP contribution >= 0.6 is 0 Å². The van der Waals surface area contributed by atoms with Gasteiger partial charge in [-0.25, -0.2) is 0 Å². The number of nitrogens with zero attached hydrogens (tertiary/aromatic N) is 2. The topological polar surface area (TPSA) is 52.7 Å². The lowest BCUT2D eigenvalue weighted by Gasteiger charge is -2.25. The third-order valence-corrected chi connectivity index (χ3v) is 5.12. The van der Waals surface area contributed by atoms with Crippen LogP contribution in [0.15, 0.2) is 0 Å². The molecule has 0 aliphatic carbocycles. The minimum atomic E-state index is -3.20. The maximum atomic E-state index is 11.9. The van der Waals surface area contributed by atoms with Gasteiger partial charge in [0.1, 0.15) is 0 Å². The van der Waals surface area contributed by atoms with Crippen LogP contribution in [-0.4, -0.2) is 56.8 Å². The Morgan fingerprint density at radius 1 is 1.36 bits per heavy atom. The first-order valence-electron chi connectivity index (χ1n) is 4.93. The van der Waals surface area contributed by atoms with Crippen LogP contribution in [0, 0.1) is 5.92 Å². The van der Waals surface area contributed by atoms with Gasteiger partial charge in [-0.2, -0.15) is 17.0 Å². The first-order chi connectivity index (χ1) is 6.53. The Labute approximate surface area is 85.2 Å². The predicted molar refractivity (Wildman–Crippen MR) is 54.1 cm³/mol. The second-order valence-corrected chi connectivity index (χ2v) is 6.27. The lowest BCUT2D eigenvalue weighted by atomic mass is 10.1. The third kappa shape index (κ3) is 1.46. The van der Waals surface area contributed by atoms with E-state index in [-0.39, 0.29) is 6.04 Å². The van der Waals surface area contributed by atoms with Crippen molar-refractivity contribution in [1.29, 1.82) is 0 Å². The summed E-state index contributed by atoms with van der Waals surface area (Å²) in [6.07, 6.45) is 0.991. The standard InChI is InChI=1S/C8H17N3O2S/c1-10(2)14(12,13)11-4-3-7-5-9-6-8(7)11/h7-9H,3-6H2,1-2H3/t7-,8+/m0/s1. The average Bonchev–Trinajstić information content (AvgIpc) is 2.61. The zero-order chi connectivity index (χ0) is 10.3. The Morgan fingerprint density at radius 3 is 2.71 bits per heavy atom. The summed E-state index contributed by atoms with van der Waals surface area (Å²) in [6, 6.07) is 0.183. The highest BCUT2D eigenvalue weighted by atomic mass is 32.2. The summed E-state index contributed by atoms with van der Waals surface area (Å²) in [6.45, 7) is 2.44. The molecule has 82 valence electrons. The second kappa shape index (κ2) is 3.44. The molecule has 1 N–H and O–H groups in total. The molecular weight excluding hydrogens is 202 g/mol. The molecular formula is C8H17N3O2S. The van der Waals surface area contributed by atoms with Gasteiger partial charge in [-0.05, 0) is 18.9 Å². The van der Waals surface area contributed by atoms with E-state index in [2.05, 4.69) is 5.32 Å². The zero-order valence-electron chi connectivity index (χ0n) is 8.60. The van der Waals surface area contributed by atoms with E-state index in [0.29, 0.717) is 12.5 Å². The molecule has 2 saturated heterocycles. The summed E-state index contributed by atoms with van der Waals surface area (Å²) < 4.78 is 26.7. The molecule has 2 aliphatic heterocycles. The molecule has 0 bridgehead atoms. The molecule has 2 fully saturated rings. The van der Waals surface area contributed by atoms with Crippen LogP contribution in [0.2, 0.25) is 0 Å². The van der Waals surface area contributed by atoms with E-state index in [1.54, 1.807) is 18.4 Å². The van der Waals surface area contributed by atoms with Crippen molar-refractivity contribution in [3.8, 4) is 0 Å². The fourth-order valence-corrected chi connectivity index (χ4v) is 3.65.